The van der Waals surface area contributed by atoms with Gasteiger partial charge >= 0.3 is 11.7 Å². The fourth-order valence-corrected chi connectivity index (χ4v) is 0.676. The highest BCUT2D eigenvalue weighted by Gasteiger charge is 1.91. The molecule has 0 aliphatic heterocycles. The molecule has 0 aliphatic carbocycles. The lowest BCUT2D eigenvalue weighted by Gasteiger charge is -1.90. The van der Waals surface area contributed by atoms with Crippen LogP contribution in [0.4, 0.5) is 0 Å². The molecule has 0 aliphatic rings. The Morgan fingerprint density at radius 1 is 1.69 bits per heavy atom. The van der Waals surface area contributed by atoms with Gasteiger partial charge in [0.25, 0.3) is 0 Å². The third kappa shape index (κ3) is 2.90. The van der Waals surface area contributed by atoms with Crippen molar-refractivity contribution in [1.29, 1.82) is 0 Å². The maximum atomic E-state index is 10.7. The van der Waals surface area contributed by atoms with E-state index in [0.29, 0.717) is 5.56 Å². The normalized spacial score (nSPS) is 10.2. The minimum absolute atomic E-state index is 0.421. The highest BCUT2D eigenvalue weighted by atomic mass is 16.5. The number of ether oxygens (including phenoxy) is 1. The number of hydrogen-bond acceptors (Lipinski definition) is 4. The number of hydrogen-bond donors (Lipinski definition) is 1. The molecule has 0 atom stereocenters. The van der Waals surface area contributed by atoms with Crippen LogP contribution in [0.25, 0.3) is 6.08 Å². The molecule has 1 rings (SSSR count). The molecule has 5 nitrogen and oxygen atoms in total. The minimum atomic E-state index is -0.453. The van der Waals surface area contributed by atoms with Gasteiger partial charge in [0.05, 0.1) is 7.11 Å². The van der Waals surface area contributed by atoms with Gasteiger partial charge in [-0.15, -0.1) is 0 Å². The Hall–Kier alpha value is -1.91. The van der Waals surface area contributed by atoms with Crippen LogP contribution in [-0.4, -0.2) is 23.0 Å². The highest BCUT2D eigenvalue weighted by molar-refractivity contribution is 5.86. The minimum Gasteiger partial charge on any atom is -0.466 e. The number of carbonyl (C=O) groups excluding carboxylic acids is 1. The molecule has 68 valence electrons. The SMILES string of the molecule is COC(=O)C=Cc1cnc(=O)[nH]c1. The molecule has 1 aromatic rings. The molecule has 0 aromatic carbocycles. The van der Waals surface area contributed by atoms with Crippen molar-refractivity contribution < 1.29 is 9.53 Å². The van der Waals surface area contributed by atoms with E-state index in [1.54, 1.807) is 0 Å². The molecule has 0 spiro atoms. The van der Waals surface area contributed by atoms with Gasteiger partial charge in [-0.25, -0.2) is 14.6 Å². The average Bonchev–Trinajstić information content (AvgIpc) is 2.16. The van der Waals surface area contributed by atoms with Gasteiger partial charge in [0, 0.05) is 24.0 Å². The Bertz CT molecular complexity index is 361. The van der Waals surface area contributed by atoms with Crippen LogP contribution in [0.2, 0.25) is 0 Å². The number of methoxy groups -OCH3 is 1. The van der Waals surface area contributed by atoms with Crippen molar-refractivity contribution >= 4 is 12.0 Å². The molecule has 1 aromatic heterocycles. The standard InChI is InChI=1S/C8H8N2O3/c1-13-7(11)3-2-6-4-9-8(12)10-5-6/h2-5H,1H3,(H,9,10,12). The van der Waals surface area contributed by atoms with Crippen LogP contribution in [0.3, 0.4) is 0 Å². The number of H-pyrrole nitrogens is 1. The monoisotopic (exact) mass is 180 g/mol. The second kappa shape index (κ2) is 4.20. The molecular formula is C8H8N2O3. The first-order valence-electron chi connectivity index (χ1n) is 3.53. The summed E-state index contributed by atoms with van der Waals surface area (Å²) in [6.45, 7) is 0. The van der Waals surface area contributed by atoms with E-state index in [2.05, 4.69) is 14.7 Å². The van der Waals surface area contributed by atoms with Crippen molar-refractivity contribution in [2.75, 3.05) is 7.11 Å². The highest BCUT2D eigenvalue weighted by Crippen LogP contribution is 1.94. The zero-order valence-corrected chi connectivity index (χ0v) is 6.98. The van der Waals surface area contributed by atoms with Crippen LogP contribution in [0.15, 0.2) is 23.3 Å². The topological polar surface area (TPSA) is 72.0 Å². The molecule has 0 amide bonds. The summed E-state index contributed by atoms with van der Waals surface area (Å²) in [5.74, 6) is -0.453. The van der Waals surface area contributed by atoms with Crippen molar-refractivity contribution in [3.63, 3.8) is 0 Å². The third-order valence-corrected chi connectivity index (χ3v) is 1.31. The van der Waals surface area contributed by atoms with Crippen molar-refractivity contribution in [2.45, 2.75) is 0 Å². The van der Waals surface area contributed by atoms with Crippen LogP contribution in [0, 0.1) is 0 Å². The van der Waals surface area contributed by atoms with Gasteiger partial charge in [-0.3, -0.25) is 0 Å². The summed E-state index contributed by atoms with van der Waals surface area (Å²) < 4.78 is 4.38. The van der Waals surface area contributed by atoms with Crippen molar-refractivity contribution in [1.82, 2.24) is 9.97 Å². The number of esters is 1. The van der Waals surface area contributed by atoms with E-state index in [0.717, 1.165) is 0 Å². The summed E-state index contributed by atoms with van der Waals surface area (Å²) in [6.07, 6.45) is 5.55. The number of aromatic nitrogens is 2. The Balaban J connectivity index is 2.75. The van der Waals surface area contributed by atoms with Crippen LogP contribution in [0.1, 0.15) is 5.56 Å². The molecule has 1 heterocycles. The molecule has 5 heteroatoms. The molecule has 0 saturated carbocycles. The molecular weight excluding hydrogens is 172 g/mol. The van der Waals surface area contributed by atoms with E-state index < -0.39 is 11.7 Å². The quantitative estimate of drug-likeness (QED) is 0.511. The largest absolute Gasteiger partial charge is 0.466 e. The van der Waals surface area contributed by atoms with E-state index in [1.165, 1.54) is 31.7 Å². The lowest BCUT2D eigenvalue weighted by atomic mass is 10.3. The summed E-state index contributed by atoms with van der Waals surface area (Å²) in [6, 6.07) is 0. The van der Waals surface area contributed by atoms with E-state index in [4.69, 9.17) is 0 Å². The maximum absolute atomic E-state index is 10.7. The number of nitrogens with zero attached hydrogens (tertiary/aromatic N) is 1. The Morgan fingerprint density at radius 2 is 2.46 bits per heavy atom. The van der Waals surface area contributed by atoms with Crippen molar-refractivity contribution in [3.05, 3.63) is 34.5 Å². The van der Waals surface area contributed by atoms with Gasteiger partial charge in [-0.2, -0.15) is 0 Å². The Labute approximate surface area is 74.1 Å². The van der Waals surface area contributed by atoms with Crippen LogP contribution >= 0.6 is 0 Å². The Kier molecular flexibility index (Phi) is 2.97. The second-order valence-electron chi connectivity index (χ2n) is 2.21. The molecule has 0 unspecified atom stereocenters. The first-order chi connectivity index (χ1) is 6.22. The van der Waals surface area contributed by atoms with E-state index in [-0.39, 0.29) is 0 Å². The van der Waals surface area contributed by atoms with Gasteiger partial charge in [0.1, 0.15) is 0 Å². The molecule has 0 bridgehead atoms. The zero-order valence-electron chi connectivity index (χ0n) is 6.98. The first-order valence-corrected chi connectivity index (χ1v) is 3.53. The van der Waals surface area contributed by atoms with E-state index in [9.17, 15) is 9.59 Å². The second-order valence-corrected chi connectivity index (χ2v) is 2.21. The maximum Gasteiger partial charge on any atom is 0.344 e. The van der Waals surface area contributed by atoms with Gasteiger partial charge in [0.2, 0.25) is 0 Å². The summed E-state index contributed by atoms with van der Waals surface area (Å²) >= 11 is 0. The predicted octanol–water partition coefficient (Wildman–Crippen LogP) is -0.0439. The molecule has 0 fully saturated rings. The lowest BCUT2D eigenvalue weighted by molar-refractivity contribution is -0.134. The number of aromatic amines is 1. The summed E-state index contributed by atoms with van der Waals surface area (Å²) in [5, 5.41) is 0. The van der Waals surface area contributed by atoms with Crippen molar-refractivity contribution in [2.24, 2.45) is 0 Å². The Morgan fingerprint density at radius 3 is 3.00 bits per heavy atom. The number of carbonyl (C=O) groups is 1. The predicted molar refractivity (Wildman–Crippen MR) is 45.9 cm³/mol. The molecule has 13 heavy (non-hydrogen) atoms. The zero-order chi connectivity index (χ0) is 9.68. The summed E-state index contributed by atoms with van der Waals surface area (Å²) in [4.78, 5) is 27.0. The summed E-state index contributed by atoms with van der Waals surface area (Å²) in [5.41, 5.74) is 0.209. The van der Waals surface area contributed by atoms with Crippen LogP contribution in [-0.2, 0) is 9.53 Å². The van der Waals surface area contributed by atoms with Gasteiger partial charge < -0.3 is 9.72 Å². The molecule has 0 radical (unpaired) electrons. The van der Waals surface area contributed by atoms with Gasteiger partial charge in [-0.1, -0.05) is 0 Å². The lowest BCUT2D eigenvalue weighted by Crippen LogP contribution is -2.07. The summed E-state index contributed by atoms with van der Waals surface area (Å²) in [7, 11) is 1.29. The molecule has 0 saturated heterocycles. The van der Waals surface area contributed by atoms with Gasteiger partial charge in [0.15, 0.2) is 0 Å². The fourth-order valence-electron chi connectivity index (χ4n) is 0.676. The van der Waals surface area contributed by atoms with E-state index in [1.807, 2.05) is 0 Å². The number of rotatable bonds is 2. The third-order valence-electron chi connectivity index (χ3n) is 1.31. The number of nitrogens with one attached hydrogen (secondary N) is 1. The van der Waals surface area contributed by atoms with Crippen LogP contribution < -0.4 is 5.69 Å². The van der Waals surface area contributed by atoms with E-state index >= 15 is 0 Å². The van der Waals surface area contributed by atoms with Crippen LogP contribution in [0.5, 0.6) is 0 Å². The van der Waals surface area contributed by atoms with Gasteiger partial charge in [-0.05, 0) is 6.08 Å². The first kappa shape index (κ1) is 9.18. The average molecular weight is 180 g/mol. The van der Waals surface area contributed by atoms with Crippen molar-refractivity contribution in [3.8, 4) is 0 Å². The smallest absolute Gasteiger partial charge is 0.344 e. The molecule has 1 N–H and O–H groups in total. The fraction of sp³-hybridized carbons (Fsp3) is 0.125.